The Kier molecular flexibility index (Phi) is 9.23. The summed E-state index contributed by atoms with van der Waals surface area (Å²) in [6, 6.07) is 12.6. The van der Waals surface area contributed by atoms with E-state index in [1.165, 1.54) is 12.1 Å². The lowest BCUT2D eigenvalue weighted by Gasteiger charge is -2.27. The van der Waals surface area contributed by atoms with Crippen molar-refractivity contribution in [3.8, 4) is 0 Å². The van der Waals surface area contributed by atoms with E-state index in [9.17, 15) is 27.6 Å². The molecule has 0 aliphatic heterocycles. The van der Waals surface area contributed by atoms with Gasteiger partial charge < -0.3 is 14.4 Å². The quantitative estimate of drug-likeness (QED) is 0.258. The maximum absolute atomic E-state index is 13.4. The fourth-order valence-electron chi connectivity index (χ4n) is 3.14. The van der Waals surface area contributed by atoms with Crippen molar-refractivity contribution in [2.45, 2.75) is 46.3 Å². The van der Waals surface area contributed by atoms with Crippen LogP contribution in [0.25, 0.3) is 0 Å². The number of hydrogen-bond acceptors (Lipinski definition) is 6. The first-order chi connectivity index (χ1) is 15.9. The summed E-state index contributed by atoms with van der Waals surface area (Å²) in [4.78, 5) is 37.0. The molecule has 2 aromatic rings. The van der Waals surface area contributed by atoms with Crippen molar-refractivity contribution in [1.82, 2.24) is 0 Å². The van der Waals surface area contributed by atoms with E-state index in [0.717, 1.165) is 11.6 Å². The number of anilines is 1. The molecule has 0 N–H and O–H groups in total. The van der Waals surface area contributed by atoms with Crippen LogP contribution in [0.3, 0.4) is 0 Å². The minimum atomic E-state index is -4.68. The Hall–Kier alpha value is -3.36. The van der Waals surface area contributed by atoms with Gasteiger partial charge in [0.25, 0.3) is 0 Å². The Morgan fingerprint density at radius 3 is 2.24 bits per heavy atom. The standard InChI is InChI=1S/C25H28F3NO5/c1-24(2,3)23(32)34-17-33-22(31)13-8-14-29(15-18-9-5-4-6-10-18)21-12-7-11-20(19(21)16-30)25(26,27)28/h4-7,9-12,16H,8,13-15,17H2,1-3H3. The van der Waals surface area contributed by atoms with Crippen LogP contribution in [-0.2, 0) is 31.8 Å². The molecule has 0 aliphatic rings. The van der Waals surface area contributed by atoms with Crippen LogP contribution in [0.4, 0.5) is 18.9 Å². The second-order valence-corrected chi connectivity index (χ2v) is 8.68. The summed E-state index contributed by atoms with van der Waals surface area (Å²) in [7, 11) is 0. The van der Waals surface area contributed by atoms with Crippen LogP contribution in [0.15, 0.2) is 48.5 Å². The van der Waals surface area contributed by atoms with Gasteiger partial charge in [-0.3, -0.25) is 14.4 Å². The molecule has 0 heterocycles. The molecule has 0 amide bonds. The van der Waals surface area contributed by atoms with Gasteiger partial charge in [0.2, 0.25) is 6.79 Å². The highest BCUT2D eigenvalue weighted by Gasteiger charge is 2.35. The largest absolute Gasteiger partial charge is 0.428 e. The number of carbonyl (C=O) groups excluding carboxylic acids is 3. The minimum absolute atomic E-state index is 0.0479. The number of esters is 2. The monoisotopic (exact) mass is 479 g/mol. The van der Waals surface area contributed by atoms with E-state index in [1.807, 2.05) is 18.2 Å². The van der Waals surface area contributed by atoms with Crippen molar-refractivity contribution >= 4 is 23.9 Å². The molecule has 2 aromatic carbocycles. The second kappa shape index (κ2) is 11.7. The van der Waals surface area contributed by atoms with Crippen molar-refractivity contribution < 1.29 is 37.0 Å². The predicted octanol–water partition coefficient (Wildman–Crippen LogP) is 5.39. The third-order valence-electron chi connectivity index (χ3n) is 4.89. The molecule has 6 nitrogen and oxygen atoms in total. The van der Waals surface area contributed by atoms with Gasteiger partial charge in [0.1, 0.15) is 0 Å². The number of nitrogens with zero attached hydrogens (tertiary/aromatic N) is 1. The first kappa shape index (κ1) is 26.9. The molecule has 0 aromatic heterocycles. The van der Waals surface area contributed by atoms with Gasteiger partial charge >= 0.3 is 18.1 Å². The van der Waals surface area contributed by atoms with Crippen molar-refractivity contribution in [2.75, 3.05) is 18.2 Å². The number of aldehydes is 1. The molecule has 0 bridgehead atoms. The van der Waals surface area contributed by atoms with E-state index < -0.39 is 41.4 Å². The molecule has 34 heavy (non-hydrogen) atoms. The molecule has 0 radical (unpaired) electrons. The highest BCUT2D eigenvalue weighted by atomic mass is 19.4. The van der Waals surface area contributed by atoms with Crippen molar-refractivity contribution in [1.29, 1.82) is 0 Å². The Morgan fingerprint density at radius 1 is 0.971 bits per heavy atom. The zero-order valence-electron chi connectivity index (χ0n) is 19.4. The van der Waals surface area contributed by atoms with E-state index in [4.69, 9.17) is 9.47 Å². The summed E-state index contributed by atoms with van der Waals surface area (Å²) in [5.74, 6) is -1.12. The fourth-order valence-corrected chi connectivity index (χ4v) is 3.14. The first-order valence-corrected chi connectivity index (χ1v) is 10.7. The number of hydrogen-bond donors (Lipinski definition) is 0. The van der Waals surface area contributed by atoms with Crippen LogP contribution >= 0.6 is 0 Å². The molecule has 0 fully saturated rings. The molecule has 0 saturated carbocycles. The zero-order chi connectivity index (χ0) is 25.4. The molecule has 0 atom stereocenters. The number of benzene rings is 2. The lowest BCUT2D eigenvalue weighted by atomic mass is 9.98. The highest BCUT2D eigenvalue weighted by molar-refractivity contribution is 5.87. The maximum Gasteiger partial charge on any atom is 0.417 e. The van der Waals surface area contributed by atoms with Crippen molar-refractivity contribution in [2.24, 2.45) is 5.41 Å². The van der Waals surface area contributed by atoms with E-state index in [0.29, 0.717) is 0 Å². The molecule has 0 saturated heterocycles. The molecular formula is C25H28F3NO5. The van der Waals surface area contributed by atoms with Crippen LogP contribution in [0.5, 0.6) is 0 Å². The van der Waals surface area contributed by atoms with E-state index in [-0.39, 0.29) is 37.9 Å². The van der Waals surface area contributed by atoms with Gasteiger partial charge in [-0.25, -0.2) is 0 Å². The summed E-state index contributed by atoms with van der Waals surface area (Å²) < 4.78 is 50.1. The van der Waals surface area contributed by atoms with Gasteiger partial charge in [-0.05, 0) is 44.9 Å². The first-order valence-electron chi connectivity index (χ1n) is 10.7. The Bertz CT molecular complexity index is 984. The average Bonchev–Trinajstić information content (AvgIpc) is 2.77. The summed E-state index contributed by atoms with van der Waals surface area (Å²) in [6.45, 7) is 4.92. The number of ether oxygens (including phenoxy) is 2. The molecule has 184 valence electrons. The predicted molar refractivity (Wildman–Crippen MR) is 120 cm³/mol. The average molecular weight is 479 g/mol. The third kappa shape index (κ3) is 7.90. The van der Waals surface area contributed by atoms with Gasteiger partial charge in [0.05, 0.1) is 11.0 Å². The molecule has 0 spiro atoms. The maximum atomic E-state index is 13.4. The van der Waals surface area contributed by atoms with E-state index in [2.05, 4.69) is 0 Å². The van der Waals surface area contributed by atoms with Gasteiger partial charge in [0.15, 0.2) is 6.29 Å². The number of alkyl halides is 3. The van der Waals surface area contributed by atoms with Crippen LogP contribution < -0.4 is 4.90 Å². The number of halogens is 3. The molecule has 0 aliphatic carbocycles. The molecule has 9 heteroatoms. The van der Waals surface area contributed by atoms with Crippen molar-refractivity contribution in [3.05, 3.63) is 65.2 Å². The molecular weight excluding hydrogens is 451 g/mol. The van der Waals surface area contributed by atoms with Crippen LogP contribution in [0.2, 0.25) is 0 Å². The summed E-state index contributed by atoms with van der Waals surface area (Å²) in [5.41, 5.74) is -1.25. The van der Waals surface area contributed by atoms with Gasteiger partial charge in [-0.1, -0.05) is 36.4 Å². The second-order valence-electron chi connectivity index (χ2n) is 8.68. The van der Waals surface area contributed by atoms with Crippen molar-refractivity contribution in [3.63, 3.8) is 0 Å². The molecule has 2 rings (SSSR count). The summed E-state index contributed by atoms with van der Waals surface area (Å²) in [5, 5.41) is 0. The minimum Gasteiger partial charge on any atom is -0.428 e. The van der Waals surface area contributed by atoms with Gasteiger partial charge in [0, 0.05) is 30.8 Å². The number of rotatable bonds is 10. The topological polar surface area (TPSA) is 72.9 Å². The molecule has 0 unspecified atom stereocenters. The lowest BCUT2D eigenvalue weighted by molar-refractivity contribution is -0.173. The van der Waals surface area contributed by atoms with Gasteiger partial charge in [-0.2, -0.15) is 13.2 Å². The summed E-state index contributed by atoms with van der Waals surface area (Å²) >= 11 is 0. The van der Waals surface area contributed by atoms with Crippen LogP contribution in [0.1, 0.15) is 55.1 Å². The summed E-state index contributed by atoms with van der Waals surface area (Å²) in [6.07, 6.45) is -4.28. The van der Waals surface area contributed by atoms with E-state index >= 15 is 0 Å². The fraction of sp³-hybridized carbons (Fsp3) is 0.400. The highest BCUT2D eigenvalue weighted by Crippen LogP contribution is 2.36. The third-order valence-corrected chi connectivity index (χ3v) is 4.89. The Balaban J connectivity index is 2.11. The van der Waals surface area contributed by atoms with Crippen LogP contribution in [0, 0.1) is 5.41 Å². The van der Waals surface area contributed by atoms with Gasteiger partial charge in [-0.15, -0.1) is 0 Å². The zero-order valence-corrected chi connectivity index (χ0v) is 19.4. The SMILES string of the molecule is CC(C)(C)C(=O)OCOC(=O)CCCN(Cc1ccccc1)c1cccc(C(F)(F)F)c1C=O. The Morgan fingerprint density at radius 2 is 1.65 bits per heavy atom. The lowest BCUT2D eigenvalue weighted by Crippen LogP contribution is -2.27. The Labute approximate surface area is 196 Å². The smallest absolute Gasteiger partial charge is 0.417 e. The van der Waals surface area contributed by atoms with Crippen LogP contribution in [-0.4, -0.2) is 31.6 Å². The van der Waals surface area contributed by atoms with E-state index in [1.54, 1.807) is 37.8 Å². The number of carbonyl (C=O) groups is 3. The normalized spacial score (nSPS) is 11.6.